The maximum atomic E-state index is 13.1. The number of hydrogen-bond acceptors (Lipinski definition) is 7. The Kier molecular flexibility index (Phi) is 4.74. The number of nitrogens with zero attached hydrogens (tertiary/aromatic N) is 3. The topological polar surface area (TPSA) is 59.9 Å². The molecule has 3 aromatic rings. The minimum atomic E-state index is -0.229. The summed E-state index contributed by atoms with van der Waals surface area (Å²) in [4.78, 5) is 10.6. The zero-order chi connectivity index (χ0) is 17.2. The van der Waals surface area contributed by atoms with Crippen molar-refractivity contribution in [1.29, 1.82) is 0 Å². The summed E-state index contributed by atoms with van der Waals surface area (Å²) in [6.07, 6.45) is 3.16. The number of thiazole rings is 1. The van der Waals surface area contributed by atoms with Crippen LogP contribution in [0.2, 0.25) is 0 Å². The molecule has 0 saturated carbocycles. The normalized spacial score (nSPS) is 16.6. The number of rotatable bonds is 5. The molecule has 1 unspecified atom stereocenters. The van der Waals surface area contributed by atoms with Crippen LogP contribution in [0.5, 0.6) is 0 Å². The Morgan fingerprint density at radius 1 is 1.28 bits per heavy atom. The molecule has 1 aromatic carbocycles. The van der Waals surface area contributed by atoms with Gasteiger partial charge in [0.05, 0.1) is 11.7 Å². The lowest BCUT2D eigenvalue weighted by Crippen LogP contribution is -2.16. The van der Waals surface area contributed by atoms with Gasteiger partial charge < -0.3 is 10.1 Å². The number of anilines is 1. The standard InChI is InChI=1S/C17H17FN4OS2/c1-23-9-14-20-17(25-22-14)19-12-3-2-4-13-15(12)21-16(24-13)10-5-7-11(18)8-6-10/h5-8,12H,2-4,9H2,1H3,(H,19,20,22). The average molecular weight is 376 g/mol. The Bertz CT molecular complexity index is 862. The maximum Gasteiger partial charge on any atom is 0.203 e. The van der Waals surface area contributed by atoms with E-state index in [0.29, 0.717) is 12.4 Å². The lowest BCUT2D eigenvalue weighted by atomic mass is 9.98. The number of nitrogens with one attached hydrogen (secondary N) is 1. The molecule has 1 N–H and O–H groups in total. The summed E-state index contributed by atoms with van der Waals surface area (Å²) in [5, 5.41) is 5.20. The van der Waals surface area contributed by atoms with E-state index < -0.39 is 0 Å². The second-order valence-corrected chi connectivity index (χ2v) is 7.71. The second-order valence-electron chi connectivity index (χ2n) is 5.87. The highest BCUT2D eigenvalue weighted by molar-refractivity contribution is 7.15. The number of halogens is 1. The molecule has 0 fully saturated rings. The summed E-state index contributed by atoms with van der Waals surface area (Å²) >= 11 is 3.04. The summed E-state index contributed by atoms with van der Waals surface area (Å²) < 4.78 is 22.5. The van der Waals surface area contributed by atoms with Crippen LogP contribution in [-0.2, 0) is 17.8 Å². The average Bonchev–Trinajstić information content (AvgIpc) is 3.23. The van der Waals surface area contributed by atoms with Gasteiger partial charge in [-0.2, -0.15) is 4.37 Å². The molecule has 4 rings (SSSR count). The highest BCUT2D eigenvalue weighted by Gasteiger charge is 2.26. The number of benzene rings is 1. The molecule has 5 nitrogen and oxygen atoms in total. The van der Waals surface area contributed by atoms with E-state index in [4.69, 9.17) is 9.72 Å². The lowest BCUT2D eigenvalue weighted by molar-refractivity contribution is 0.179. The van der Waals surface area contributed by atoms with E-state index in [1.165, 1.54) is 28.5 Å². The SMILES string of the molecule is COCc1nsc(NC2CCCc3sc(-c4ccc(F)cc4)nc32)n1. The fraction of sp³-hybridized carbons (Fsp3) is 0.353. The molecule has 0 amide bonds. The fourth-order valence-electron chi connectivity index (χ4n) is 2.92. The van der Waals surface area contributed by atoms with Crippen LogP contribution in [0, 0.1) is 5.82 Å². The van der Waals surface area contributed by atoms with E-state index in [0.717, 1.165) is 40.7 Å². The van der Waals surface area contributed by atoms with E-state index in [2.05, 4.69) is 14.7 Å². The molecule has 0 spiro atoms. The number of methoxy groups -OCH3 is 1. The van der Waals surface area contributed by atoms with Gasteiger partial charge in [0.25, 0.3) is 0 Å². The Morgan fingerprint density at radius 3 is 2.92 bits per heavy atom. The zero-order valence-electron chi connectivity index (χ0n) is 13.7. The van der Waals surface area contributed by atoms with Crippen molar-refractivity contribution in [2.24, 2.45) is 0 Å². The molecule has 0 radical (unpaired) electrons. The first kappa shape index (κ1) is 16.6. The van der Waals surface area contributed by atoms with Gasteiger partial charge in [-0.05, 0) is 43.5 Å². The number of aryl methyl sites for hydroxylation is 1. The van der Waals surface area contributed by atoms with Gasteiger partial charge >= 0.3 is 0 Å². The quantitative estimate of drug-likeness (QED) is 0.713. The van der Waals surface area contributed by atoms with Crippen LogP contribution in [-0.4, -0.2) is 21.5 Å². The van der Waals surface area contributed by atoms with Crippen LogP contribution in [0.25, 0.3) is 10.6 Å². The minimum Gasteiger partial charge on any atom is -0.377 e. The smallest absolute Gasteiger partial charge is 0.203 e. The van der Waals surface area contributed by atoms with Crippen molar-refractivity contribution in [3.8, 4) is 10.6 Å². The Hall–Kier alpha value is -1.90. The van der Waals surface area contributed by atoms with Gasteiger partial charge in [-0.15, -0.1) is 11.3 Å². The molecule has 130 valence electrons. The molecule has 25 heavy (non-hydrogen) atoms. The van der Waals surface area contributed by atoms with Crippen LogP contribution in [0.4, 0.5) is 9.52 Å². The molecular weight excluding hydrogens is 359 g/mol. The summed E-state index contributed by atoms with van der Waals surface area (Å²) in [6, 6.07) is 6.65. The van der Waals surface area contributed by atoms with Crippen LogP contribution in [0.3, 0.4) is 0 Å². The van der Waals surface area contributed by atoms with Crippen LogP contribution in [0.15, 0.2) is 24.3 Å². The molecule has 1 atom stereocenters. The maximum absolute atomic E-state index is 13.1. The molecule has 1 aliphatic rings. The van der Waals surface area contributed by atoms with E-state index >= 15 is 0 Å². The van der Waals surface area contributed by atoms with E-state index in [1.807, 2.05) is 0 Å². The summed E-state index contributed by atoms with van der Waals surface area (Å²) in [5.41, 5.74) is 2.04. The van der Waals surface area contributed by atoms with Gasteiger partial charge in [0, 0.05) is 29.1 Å². The third-order valence-electron chi connectivity index (χ3n) is 4.08. The predicted molar refractivity (Wildman–Crippen MR) is 97.4 cm³/mol. The zero-order valence-corrected chi connectivity index (χ0v) is 15.3. The fourth-order valence-corrected chi connectivity index (χ4v) is 4.72. The number of aromatic nitrogens is 3. The van der Waals surface area contributed by atoms with Crippen molar-refractivity contribution in [3.05, 3.63) is 46.5 Å². The number of fused-ring (bicyclic) bond motifs is 1. The number of hydrogen-bond donors (Lipinski definition) is 1. The van der Waals surface area contributed by atoms with Crippen molar-refractivity contribution in [1.82, 2.24) is 14.3 Å². The van der Waals surface area contributed by atoms with Crippen molar-refractivity contribution >= 4 is 28.0 Å². The van der Waals surface area contributed by atoms with Gasteiger partial charge in [-0.3, -0.25) is 0 Å². The van der Waals surface area contributed by atoms with Gasteiger partial charge in [0.15, 0.2) is 5.82 Å². The largest absolute Gasteiger partial charge is 0.377 e. The van der Waals surface area contributed by atoms with Gasteiger partial charge in [0.1, 0.15) is 17.4 Å². The van der Waals surface area contributed by atoms with E-state index in [9.17, 15) is 4.39 Å². The van der Waals surface area contributed by atoms with Crippen LogP contribution >= 0.6 is 22.9 Å². The number of ether oxygens (including phenoxy) is 1. The van der Waals surface area contributed by atoms with Crippen molar-refractivity contribution in [3.63, 3.8) is 0 Å². The Balaban J connectivity index is 1.57. The Labute approximate surface area is 153 Å². The molecule has 0 bridgehead atoms. The predicted octanol–water partition coefficient (Wildman–Crippen LogP) is 4.44. The van der Waals surface area contributed by atoms with Crippen molar-refractivity contribution in [2.75, 3.05) is 12.4 Å². The first-order valence-corrected chi connectivity index (χ1v) is 9.65. The van der Waals surface area contributed by atoms with Crippen LogP contribution in [0.1, 0.15) is 35.3 Å². The highest BCUT2D eigenvalue weighted by atomic mass is 32.1. The molecule has 0 saturated heterocycles. The molecule has 2 aromatic heterocycles. The summed E-state index contributed by atoms with van der Waals surface area (Å²) in [5.74, 6) is 0.462. The second kappa shape index (κ2) is 7.15. The van der Waals surface area contributed by atoms with E-state index in [1.54, 1.807) is 30.6 Å². The van der Waals surface area contributed by atoms with Crippen LogP contribution < -0.4 is 5.32 Å². The molecule has 1 aliphatic carbocycles. The van der Waals surface area contributed by atoms with Gasteiger partial charge in [-0.25, -0.2) is 14.4 Å². The van der Waals surface area contributed by atoms with Crippen molar-refractivity contribution in [2.45, 2.75) is 31.9 Å². The molecule has 0 aliphatic heterocycles. The Morgan fingerprint density at radius 2 is 2.12 bits per heavy atom. The highest BCUT2D eigenvalue weighted by Crippen LogP contribution is 2.38. The third-order valence-corrected chi connectivity index (χ3v) is 5.95. The first-order chi connectivity index (χ1) is 12.2. The summed E-state index contributed by atoms with van der Waals surface area (Å²) in [7, 11) is 1.63. The summed E-state index contributed by atoms with van der Waals surface area (Å²) in [6.45, 7) is 0.416. The molecular formula is C17H17FN4OS2. The van der Waals surface area contributed by atoms with E-state index in [-0.39, 0.29) is 11.9 Å². The first-order valence-electron chi connectivity index (χ1n) is 8.06. The van der Waals surface area contributed by atoms with Gasteiger partial charge in [-0.1, -0.05) is 0 Å². The monoisotopic (exact) mass is 376 g/mol. The van der Waals surface area contributed by atoms with Gasteiger partial charge in [0.2, 0.25) is 5.13 Å². The lowest BCUT2D eigenvalue weighted by Gasteiger charge is -2.21. The minimum absolute atomic E-state index is 0.137. The van der Waals surface area contributed by atoms with Crippen molar-refractivity contribution < 1.29 is 9.13 Å². The molecule has 2 heterocycles. The molecule has 8 heteroatoms. The third kappa shape index (κ3) is 3.56.